The molecule has 0 saturated carbocycles. The Balaban J connectivity index is 2.23. The predicted octanol–water partition coefficient (Wildman–Crippen LogP) is 3.84. The lowest BCUT2D eigenvalue weighted by Crippen LogP contribution is -2.13. The van der Waals surface area contributed by atoms with Crippen LogP contribution in [0.2, 0.25) is 10.0 Å². The number of halogens is 3. The van der Waals surface area contributed by atoms with Crippen molar-refractivity contribution in [2.45, 2.75) is 19.9 Å². The van der Waals surface area contributed by atoms with Crippen molar-refractivity contribution < 1.29 is 0 Å². The summed E-state index contributed by atoms with van der Waals surface area (Å²) in [6, 6.07) is 3.55. The Kier molecular flexibility index (Phi) is 5.21. The molecular weight excluding hydrogens is 351 g/mol. The molecule has 2 aromatic rings. The highest BCUT2D eigenvalue weighted by Gasteiger charge is 2.12. The van der Waals surface area contributed by atoms with Crippen molar-refractivity contribution in [2.75, 3.05) is 6.54 Å². The van der Waals surface area contributed by atoms with Crippen molar-refractivity contribution in [1.29, 1.82) is 0 Å². The Morgan fingerprint density at radius 3 is 2.63 bits per heavy atom. The van der Waals surface area contributed by atoms with Crippen molar-refractivity contribution in [1.82, 2.24) is 20.3 Å². The molecule has 1 N–H and O–H groups in total. The van der Waals surface area contributed by atoms with Crippen LogP contribution in [0.3, 0.4) is 0 Å². The number of aromatic nitrogens is 3. The van der Waals surface area contributed by atoms with E-state index < -0.39 is 0 Å². The molecule has 102 valence electrons. The molecule has 7 heteroatoms. The third-order valence-corrected chi connectivity index (χ3v) is 3.52. The van der Waals surface area contributed by atoms with Crippen LogP contribution in [0.5, 0.6) is 0 Å². The first-order valence-electron chi connectivity index (χ1n) is 5.88. The van der Waals surface area contributed by atoms with Gasteiger partial charge in [-0.15, -0.1) is 5.10 Å². The highest BCUT2D eigenvalue weighted by molar-refractivity contribution is 9.10. The van der Waals surface area contributed by atoms with Crippen molar-refractivity contribution >= 4 is 39.1 Å². The fourth-order valence-corrected chi connectivity index (χ4v) is 3.02. The Morgan fingerprint density at radius 2 is 2.00 bits per heavy atom. The fourth-order valence-electron chi connectivity index (χ4n) is 1.64. The van der Waals surface area contributed by atoms with E-state index in [2.05, 4.69) is 38.5 Å². The van der Waals surface area contributed by atoms with Gasteiger partial charge in [0.25, 0.3) is 0 Å². The summed E-state index contributed by atoms with van der Waals surface area (Å²) in [7, 11) is 0. The van der Waals surface area contributed by atoms with E-state index in [-0.39, 0.29) is 0 Å². The van der Waals surface area contributed by atoms with Crippen molar-refractivity contribution in [3.63, 3.8) is 0 Å². The highest BCUT2D eigenvalue weighted by atomic mass is 79.9. The summed E-state index contributed by atoms with van der Waals surface area (Å²) < 4.78 is 2.43. The number of nitrogens with one attached hydrogen (secondary N) is 1. The van der Waals surface area contributed by atoms with Crippen LogP contribution in [0.4, 0.5) is 0 Å². The quantitative estimate of drug-likeness (QED) is 0.820. The van der Waals surface area contributed by atoms with E-state index in [9.17, 15) is 0 Å². The summed E-state index contributed by atoms with van der Waals surface area (Å²) in [6.45, 7) is 3.75. The van der Waals surface area contributed by atoms with E-state index in [0.29, 0.717) is 22.3 Å². The van der Waals surface area contributed by atoms with E-state index in [4.69, 9.17) is 23.2 Å². The van der Waals surface area contributed by atoms with Crippen LogP contribution in [-0.4, -0.2) is 21.5 Å². The monoisotopic (exact) mass is 362 g/mol. The van der Waals surface area contributed by atoms with Crippen LogP contribution in [0.15, 0.2) is 22.8 Å². The van der Waals surface area contributed by atoms with E-state index in [1.807, 2.05) is 6.20 Å². The average Bonchev–Trinajstić information content (AvgIpc) is 2.76. The Morgan fingerprint density at radius 1 is 1.32 bits per heavy atom. The second kappa shape index (κ2) is 6.70. The summed E-state index contributed by atoms with van der Waals surface area (Å²) >= 11 is 15.7. The van der Waals surface area contributed by atoms with Crippen molar-refractivity contribution in [3.05, 3.63) is 38.5 Å². The van der Waals surface area contributed by atoms with Crippen LogP contribution >= 0.6 is 39.1 Å². The molecule has 0 unspecified atom stereocenters. The molecule has 0 amide bonds. The van der Waals surface area contributed by atoms with Gasteiger partial charge >= 0.3 is 0 Å². The van der Waals surface area contributed by atoms with Gasteiger partial charge in [0.15, 0.2) is 0 Å². The maximum atomic E-state index is 6.19. The van der Waals surface area contributed by atoms with Crippen LogP contribution in [0, 0.1) is 0 Å². The first-order chi connectivity index (χ1) is 9.11. The van der Waals surface area contributed by atoms with Gasteiger partial charge in [0.1, 0.15) is 5.69 Å². The van der Waals surface area contributed by atoms with Crippen LogP contribution in [-0.2, 0) is 6.54 Å². The summed E-state index contributed by atoms with van der Waals surface area (Å²) in [5, 5.41) is 12.5. The minimum absolute atomic E-state index is 0.525. The smallest absolute Gasteiger partial charge is 0.104 e. The zero-order valence-electron chi connectivity index (χ0n) is 10.3. The van der Waals surface area contributed by atoms with Gasteiger partial charge in [-0.25, -0.2) is 4.68 Å². The number of rotatable bonds is 5. The summed E-state index contributed by atoms with van der Waals surface area (Å²) in [6.07, 6.45) is 2.90. The number of hydrogen-bond donors (Lipinski definition) is 1. The summed E-state index contributed by atoms with van der Waals surface area (Å²) in [5.41, 5.74) is 1.49. The lowest BCUT2D eigenvalue weighted by molar-refractivity contribution is 0.662. The summed E-state index contributed by atoms with van der Waals surface area (Å²) in [4.78, 5) is 0. The Hall–Kier alpha value is -0.620. The van der Waals surface area contributed by atoms with Crippen LogP contribution in [0.25, 0.3) is 5.69 Å². The number of benzene rings is 1. The van der Waals surface area contributed by atoms with Gasteiger partial charge in [-0.3, -0.25) is 0 Å². The molecule has 4 nitrogen and oxygen atoms in total. The van der Waals surface area contributed by atoms with E-state index >= 15 is 0 Å². The average molecular weight is 364 g/mol. The van der Waals surface area contributed by atoms with Gasteiger partial charge in [-0.2, -0.15) is 0 Å². The van der Waals surface area contributed by atoms with Gasteiger partial charge in [0.05, 0.1) is 21.9 Å². The third-order valence-electron chi connectivity index (χ3n) is 2.48. The maximum absolute atomic E-state index is 6.19. The lowest BCUT2D eigenvalue weighted by Gasteiger charge is -2.06. The van der Waals surface area contributed by atoms with Gasteiger partial charge < -0.3 is 5.32 Å². The zero-order valence-corrected chi connectivity index (χ0v) is 13.4. The second-order valence-electron chi connectivity index (χ2n) is 4.05. The van der Waals surface area contributed by atoms with E-state index in [1.54, 1.807) is 16.8 Å². The van der Waals surface area contributed by atoms with Crippen molar-refractivity contribution in [2.24, 2.45) is 0 Å². The number of hydrogen-bond acceptors (Lipinski definition) is 3. The van der Waals surface area contributed by atoms with E-state index in [0.717, 1.165) is 23.1 Å². The molecule has 0 aliphatic heterocycles. The maximum Gasteiger partial charge on any atom is 0.104 e. The highest BCUT2D eigenvalue weighted by Crippen LogP contribution is 2.31. The molecule has 19 heavy (non-hydrogen) atoms. The van der Waals surface area contributed by atoms with Crippen LogP contribution in [0.1, 0.15) is 19.0 Å². The lowest BCUT2D eigenvalue weighted by atomic mass is 10.3. The molecule has 0 aliphatic rings. The minimum Gasteiger partial charge on any atom is -0.311 e. The first kappa shape index (κ1) is 14.8. The molecule has 0 spiro atoms. The molecule has 1 aromatic carbocycles. The summed E-state index contributed by atoms with van der Waals surface area (Å²) in [5.74, 6) is 0. The predicted molar refractivity (Wildman–Crippen MR) is 81.1 cm³/mol. The first-order valence-corrected chi connectivity index (χ1v) is 7.43. The van der Waals surface area contributed by atoms with Gasteiger partial charge in [0.2, 0.25) is 0 Å². The Labute approximate surface area is 130 Å². The largest absolute Gasteiger partial charge is 0.311 e. The van der Waals surface area contributed by atoms with Crippen LogP contribution < -0.4 is 5.32 Å². The van der Waals surface area contributed by atoms with Crippen molar-refractivity contribution in [3.8, 4) is 5.69 Å². The molecule has 1 aromatic heterocycles. The van der Waals surface area contributed by atoms with Gasteiger partial charge in [-0.1, -0.05) is 51.3 Å². The molecule has 0 bridgehead atoms. The minimum atomic E-state index is 0.525. The molecule has 1 heterocycles. The standard InChI is InChI=1S/C12H13BrCl2N4/c1-2-3-16-6-9-7-19(18-17-9)12-10(14)4-8(13)5-11(12)15/h4-5,7,16H,2-3,6H2,1H3. The molecule has 2 rings (SSSR count). The van der Waals surface area contributed by atoms with Gasteiger partial charge in [0, 0.05) is 11.0 Å². The normalized spacial score (nSPS) is 10.9. The molecule has 0 atom stereocenters. The molecular formula is C12H13BrCl2N4. The SMILES string of the molecule is CCCNCc1cn(-c2c(Cl)cc(Br)cc2Cl)nn1. The van der Waals surface area contributed by atoms with Gasteiger partial charge in [-0.05, 0) is 25.1 Å². The molecule has 0 aliphatic carbocycles. The third kappa shape index (κ3) is 3.69. The topological polar surface area (TPSA) is 42.7 Å². The molecule has 0 saturated heterocycles. The molecule has 0 radical (unpaired) electrons. The Bertz CT molecular complexity index is 548. The zero-order chi connectivity index (χ0) is 13.8. The fraction of sp³-hybridized carbons (Fsp3) is 0.333. The van der Waals surface area contributed by atoms with E-state index in [1.165, 1.54) is 0 Å². The second-order valence-corrected chi connectivity index (χ2v) is 5.78. The molecule has 0 fully saturated rings. The number of nitrogens with zero attached hydrogens (tertiary/aromatic N) is 3.